The van der Waals surface area contributed by atoms with Crippen LogP contribution >= 0.6 is 27.7 Å². The van der Waals surface area contributed by atoms with Crippen molar-refractivity contribution in [3.8, 4) is 0 Å². The molecular formula is C16H21BrN2O2S. The summed E-state index contributed by atoms with van der Waals surface area (Å²) in [6.07, 6.45) is -0.306. The van der Waals surface area contributed by atoms with Gasteiger partial charge in [0.15, 0.2) is 0 Å². The highest BCUT2D eigenvalue weighted by Gasteiger charge is 2.31. The summed E-state index contributed by atoms with van der Waals surface area (Å²) in [5, 5.41) is 0. The van der Waals surface area contributed by atoms with Crippen molar-refractivity contribution in [2.24, 2.45) is 0 Å². The van der Waals surface area contributed by atoms with Gasteiger partial charge in [0.05, 0.1) is 6.61 Å². The van der Waals surface area contributed by atoms with Crippen molar-refractivity contribution in [2.45, 2.75) is 12.6 Å². The number of halogens is 1. The van der Waals surface area contributed by atoms with Crippen LogP contribution in [-0.2, 0) is 16.1 Å². The second kappa shape index (κ2) is 7.81. The zero-order valence-corrected chi connectivity index (χ0v) is 14.9. The smallest absolute Gasteiger partial charge is 0.253 e. The molecule has 1 atom stereocenters. The van der Waals surface area contributed by atoms with E-state index in [-0.39, 0.29) is 12.0 Å². The van der Waals surface area contributed by atoms with Crippen molar-refractivity contribution in [1.29, 1.82) is 0 Å². The van der Waals surface area contributed by atoms with Crippen LogP contribution in [0.4, 0.5) is 0 Å². The van der Waals surface area contributed by atoms with Crippen LogP contribution < -0.4 is 0 Å². The van der Waals surface area contributed by atoms with Crippen LogP contribution in [0.1, 0.15) is 5.56 Å². The number of carbonyl (C=O) groups excluding carboxylic acids is 1. The van der Waals surface area contributed by atoms with Crippen LogP contribution in [0.2, 0.25) is 0 Å². The third kappa shape index (κ3) is 4.04. The van der Waals surface area contributed by atoms with Gasteiger partial charge >= 0.3 is 0 Å². The van der Waals surface area contributed by atoms with Gasteiger partial charge in [-0.3, -0.25) is 9.69 Å². The van der Waals surface area contributed by atoms with Gasteiger partial charge < -0.3 is 9.64 Å². The van der Waals surface area contributed by atoms with E-state index >= 15 is 0 Å². The Hall–Kier alpha value is -0.560. The molecule has 0 saturated carbocycles. The molecule has 3 rings (SSSR count). The number of hydrogen-bond donors (Lipinski definition) is 0. The number of carbonyl (C=O) groups is 1. The minimum atomic E-state index is -0.306. The monoisotopic (exact) mass is 384 g/mol. The first-order valence-electron chi connectivity index (χ1n) is 7.68. The first-order chi connectivity index (χ1) is 10.7. The maximum atomic E-state index is 12.6. The summed E-state index contributed by atoms with van der Waals surface area (Å²) in [5.74, 6) is 2.25. The Bertz CT molecular complexity index is 523. The van der Waals surface area contributed by atoms with Gasteiger partial charge in [0.1, 0.15) is 6.10 Å². The van der Waals surface area contributed by atoms with E-state index in [1.54, 1.807) is 0 Å². The molecule has 0 aliphatic carbocycles. The highest BCUT2D eigenvalue weighted by atomic mass is 79.9. The predicted molar refractivity (Wildman–Crippen MR) is 93.1 cm³/mol. The fourth-order valence-electron chi connectivity index (χ4n) is 2.85. The van der Waals surface area contributed by atoms with E-state index in [9.17, 15) is 4.79 Å². The van der Waals surface area contributed by atoms with Crippen molar-refractivity contribution < 1.29 is 9.53 Å². The number of benzene rings is 1. The Morgan fingerprint density at radius 2 is 2.05 bits per heavy atom. The van der Waals surface area contributed by atoms with Gasteiger partial charge in [0, 0.05) is 48.7 Å². The van der Waals surface area contributed by atoms with E-state index in [1.807, 2.05) is 22.7 Å². The summed E-state index contributed by atoms with van der Waals surface area (Å²) < 4.78 is 6.86. The van der Waals surface area contributed by atoms with Gasteiger partial charge in [-0.15, -0.1) is 0 Å². The van der Waals surface area contributed by atoms with Crippen molar-refractivity contribution in [1.82, 2.24) is 9.80 Å². The van der Waals surface area contributed by atoms with Crippen LogP contribution in [0.15, 0.2) is 28.7 Å². The number of rotatable bonds is 3. The molecule has 0 spiro atoms. The predicted octanol–water partition coefficient (Wildman–Crippen LogP) is 2.23. The first kappa shape index (κ1) is 16.3. The van der Waals surface area contributed by atoms with E-state index < -0.39 is 0 Å². The van der Waals surface area contributed by atoms with Crippen molar-refractivity contribution in [3.63, 3.8) is 0 Å². The zero-order valence-electron chi connectivity index (χ0n) is 12.5. The lowest BCUT2D eigenvalue weighted by atomic mass is 10.1. The van der Waals surface area contributed by atoms with E-state index in [0.29, 0.717) is 13.2 Å². The normalized spacial score (nSPS) is 23.5. The molecule has 2 fully saturated rings. The summed E-state index contributed by atoms with van der Waals surface area (Å²) in [5.41, 5.74) is 1.25. The maximum Gasteiger partial charge on any atom is 0.253 e. The molecule has 1 aromatic carbocycles. The minimum absolute atomic E-state index is 0.164. The fraction of sp³-hybridized carbons (Fsp3) is 0.562. The van der Waals surface area contributed by atoms with Crippen LogP contribution in [0.3, 0.4) is 0 Å². The summed E-state index contributed by atoms with van der Waals surface area (Å²) in [7, 11) is 0. The molecule has 22 heavy (non-hydrogen) atoms. The van der Waals surface area contributed by atoms with Crippen LogP contribution in [0.5, 0.6) is 0 Å². The minimum Gasteiger partial charge on any atom is -0.366 e. The molecule has 1 aromatic rings. The van der Waals surface area contributed by atoms with Crippen LogP contribution in [0.25, 0.3) is 0 Å². The molecule has 0 aromatic heterocycles. The molecule has 2 aliphatic rings. The number of morpholine rings is 1. The average Bonchev–Trinajstić information content (AvgIpc) is 2.57. The highest BCUT2D eigenvalue weighted by molar-refractivity contribution is 9.10. The lowest BCUT2D eigenvalue weighted by Gasteiger charge is -2.36. The van der Waals surface area contributed by atoms with Gasteiger partial charge in [-0.2, -0.15) is 11.8 Å². The van der Waals surface area contributed by atoms with E-state index in [0.717, 1.165) is 42.2 Å². The summed E-state index contributed by atoms with van der Waals surface area (Å²) in [4.78, 5) is 16.8. The van der Waals surface area contributed by atoms with Gasteiger partial charge in [0.2, 0.25) is 0 Å². The SMILES string of the molecule is O=C(C1CN(Cc2ccccc2Br)CCO1)N1CCSCC1. The zero-order chi connectivity index (χ0) is 15.4. The molecule has 0 radical (unpaired) electrons. The number of hydrogen-bond acceptors (Lipinski definition) is 4. The van der Waals surface area contributed by atoms with Gasteiger partial charge in [-0.05, 0) is 11.6 Å². The van der Waals surface area contributed by atoms with E-state index in [4.69, 9.17) is 4.74 Å². The van der Waals surface area contributed by atoms with E-state index in [2.05, 4.69) is 39.0 Å². The number of amides is 1. The Morgan fingerprint density at radius 1 is 1.27 bits per heavy atom. The summed E-state index contributed by atoms with van der Waals surface area (Å²) in [6.45, 7) is 4.75. The Kier molecular flexibility index (Phi) is 5.79. The number of ether oxygens (including phenoxy) is 1. The van der Waals surface area contributed by atoms with Gasteiger partial charge in [-0.1, -0.05) is 34.1 Å². The molecule has 2 aliphatic heterocycles. The molecular weight excluding hydrogens is 364 g/mol. The van der Waals surface area contributed by atoms with Crippen molar-refractivity contribution >= 4 is 33.6 Å². The lowest BCUT2D eigenvalue weighted by molar-refractivity contribution is -0.149. The molecule has 2 saturated heterocycles. The number of thioether (sulfide) groups is 1. The van der Waals surface area contributed by atoms with Gasteiger partial charge in [-0.25, -0.2) is 0 Å². The maximum absolute atomic E-state index is 12.6. The van der Waals surface area contributed by atoms with E-state index in [1.165, 1.54) is 5.56 Å². The number of nitrogens with zero attached hydrogens (tertiary/aromatic N) is 2. The fourth-order valence-corrected chi connectivity index (χ4v) is 4.16. The molecule has 1 amide bonds. The summed E-state index contributed by atoms with van der Waals surface area (Å²) in [6, 6.07) is 8.25. The molecule has 120 valence electrons. The topological polar surface area (TPSA) is 32.8 Å². The highest BCUT2D eigenvalue weighted by Crippen LogP contribution is 2.20. The van der Waals surface area contributed by atoms with Crippen molar-refractivity contribution in [3.05, 3.63) is 34.3 Å². The molecule has 6 heteroatoms. The Labute approximate surface area is 144 Å². The Morgan fingerprint density at radius 3 is 2.82 bits per heavy atom. The molecule has 4 nitrogen and oxygen atoms in total. The average molecular weight is 385 g/mol. The molecule has 1 unspecified atom stereocenters. The molecule has 2 heterocycles. The summed E-state index contributed by atoms with van der Waals surface area (Å²) >= 11 is 5.51. The van der Waals surface area contributed by atoms with Crippen LogP contribution in [0, 0.1) is 0 Å². The molecule has 0 N–H and O–H groups in total. The standard InChI is InChI=1S/C16H21BrN2O2S/c17-14-4-2-1-3-13(14)11-18-5-8-21-15(12-18)16(20)19-6-9-22-10-7-19/h1-4,15H,5-12H2. The Balaban J connectivity index is 1.59. The molecule has 0 bridgehead atoms. The lowest BCUT2D eigenvalue weighted by Crippen LogP contribution is -2.52. The second-order valence-corrected chi connectivity index (χ2v) is 7.70. The quantitative estimate of drug-likeness (QED) is 0.799. The third-order valence-corrected chi connectivity index (χ3v) is 5.82. The first-order valence-corrected chi connectivity index (χ1v) is 9.63. The van der Waals surface area contributed by atoms with Gasteiger partial charge in [0.25, 0.3) is 5.91 Å². The van der Waals surface area contributed by atoms with Crippen molar-refractivity contribution in [2.75, 3.05) is 44.3 Å². The third-order valence-electron chi connectivity index (χ3n) is 4.10. The second-order valence-electron chi connectivity index (χ2n) is 5.62. The largest absolute Gasteiger partial charge is 0.366 e. The van der Waals surface area contributed by atoms with Crippen LogP contribution in [-0.4, -0.2) is 66.1 Å².